The van der Waals surface area contributed by atoms with Crippen LogP contribution in [0, 0.1) is 0 Å². The highest BCUT2D eigenvalue weighted by Crippen LogP contribution is 2.28. The van der Waals surface area contributed by atoms with Crippen LogP contribution in [0.5, 0.6) is 11.5 Å². The molecule has 0 aliphatic carbocycles. The normalized spacial score (nSPS) is 10.6. The minimum Gasteiger partial charge on any atom is -0.493 e. The average Bonchev–Trinajstić information content (AvgIpc) is 2.73. The molecular formula is C23H28N2O5. The molecule has 0 bridgehead atoms. The quantitative estimate of drug-likeness (QED) is 0.428. The zero-order valence-corrected chi connectivity index (χ0v) is 17.6. The predicted octanol–water partition coefficient (Wildman–Crippen LogP) is 4.11. The second-order valence-electron chi connectivity index (χ2n) is 6.50. The van der Waals surface area contributed by atoms with Gasteiger partial charge in [-0.2, -0.15) is 0 Å². The van der Waals surface area contributed by atoms with Gasteiger partial charge in [0.05, 0.1) is 13.7 Å². The number of unbranched alkanes of at least 4 members (excludes halogenated alkanes) is 1. The van der Waals surface area contributed by atoms with E-state index in [2.05, 4.69) is 17.6 Å². The lowest BCUT2D eigenvalue weighted by Crippen LogP contribution is -2.17. The molecule has 2 N–H and O–H groups in total. The van der Waals surface area contributed by atoms with Crippen molar-refractivity contribution in [3.8, 4) is 11.5 Å². The molecule has 2 amide bonds. The minimum absolute atomic E-state index is 0.0365. The summed E-state index contributed by atoms with van der Waals surface area (Å²) >= 11 is 0. The molecule has 0 aliphatic heterocycles. The Labute approximate surface area is 177 Å². The molecular weight excluding hydrogens is 384 g/mol. The van der Waals surface area contributed by atoms with Gasteiger partial charge in [0.15, 0.2) is 11.5 Å². The topological polar surface area (TPSA) is 85.9 Å². The Hall–Kier alpha value is -3.32. The number of hydrogen-bond donors (Lipinski definition) is 2. The Morgan fingerprint density at radius 2 is 1.77 bits per heavy atom. The molecule has 2 rings (SSSR count). The van der Waals surface area contributed by atoms with Gasteiger partial charge in [0.25, 0.3) is 0 Å². The lowest BCUT2D eigenvalue weighted by Gasteiger charge is -2.11. The highest BCUT2D eigenvalue weighted by Gasteiger charge is 2.06. The Morgan fingerprint density at radius 3 is 2.47 bits per heavy atom. The van der Waals surface area contributed by atoms with Gasteiger partial charge < -0.3 is 24.8 Å². The van der Waals surface area contributed by atoms with Crippen molar-refractivity contribution in [2.45, 2.75) is 19.8 Å². The summed E-state index contributed by atoms with van der Waals surface area (Å²) in [5.41, 5.74) is 1.95. The summed E-state index contributed by atoms with van der Waals surface area (Å²) in [5.74, 6) is 0.739. The SMILES string of the molecule is CCCCOc1ccc(/C=C/C(=O)Nc2cccc(NC(=O)COC)c2)cc1OC. The van der Waals surface area contributed by atoms with Gasteiger partial charge in [0, 0.05) is 24.6 Å². The Bertz CT molecular complexity index is 880. The van der Waals surface area contributed by atoms with Crippen LogP contribution >= 0.6 is 0 Å². The highest BCUT2D eigenvalue weighted by molar-refractivity contribution is 6.02. The zero-order chi connectivity index (χ0) is 21.8. The van der Waals surface area contributed by atoms with E-state index in [9.17, 15) is 9.59 Å². The summed E-state index contributed by atoms with van der Waals surface area (Å²) in [6.45, 7) is 2.70. The number of carbonyl (C=O) groups excluding carboxylic acids is 2. The number of nitrogens with one attached hydrogen (secondary N) is 2. The lowest BCUT2D eigenvalue weighted by atomic mass is 10.2. The second-order valence-corrected chi connectivity index (χ2v) is 6.50. The van der Waals surface area contributed by atoms with Crippen molar-refractivity contribution in [3.63, 3.8) is 0 Å². The molecule has 0 unspecified atom stereocenters. The number of amides is 2. The average molecular weight is 412 g/mol. The Morgan fingerprint density at radius 1 is 1.00 bits per heavy atom. The first-order chi connectivity index (χ1) is 14.5. The van der Waals surface area contributed by atoms with Gasteiger partial charge in [0.2, 0.25) is 11.8 Å². The van der Waals surface area contributed by atoms with E-state index in [1.165, 1.54) is 13.2 Å². The Kier molecular flexibility index (Phi) is 9.40. The second kappa shape index (κ2) is 12.3. The number of carbonyl (C=O) groups is 2. The molecule has 0 heterocycles. The first kappa shape index (κ1) is 23.0. The highest BCUT2D eigenvalue weighted by atomic mass is 16.5. The van der Waals surface area contributed by atoms with E-state index in [0.717, 1.165) is 18.4 Å². The van der Waals surface area contributed by atoms with E-state index >= 15 is 0 Å². The molecule has 0 radical (unpaired) electrons. The summed E-state index contributed by atoms with van der Waals surface area (Å²) < 4.78 is 15.9. The van der Waals surface area contributed by atoms with Crippen LogP contribution in [-0.4, -0.2) is 39.2 Å². The minimum atomic E-state index is -0.294. The molecule has 0 atom stereocenters. The molecule has 0 aromatic heterocycles. The number of benzene rings is 2. The maximum atomic E-state index is 12.3. The van der Waals surface area contributed by atoms with Crippen LogP contribution in [0.15, 0.2) is 48.5 Å². The van der Waals surface area contributed by atoms with Crippen LogP contribution < -0.4 is 20.1 Å². The standard InChI is InChI=1S/C23H28N2O5/c1-4-5-13-30-20-11-9-17(14-21(20)29-3)10-12-22(26)24-18-7-6-8-19(15-18)25-23(27)16-28-2/h6-12,14-15H,4-5,13,16H2,1-3H3,(H,24,26)(H,25,27)/b12-10+. The molecule has 160 valence electrons. The molecule has 0 saturated carbocycles. The van der Waals surface area contributed by atoms with Crippen molar-refractivity contribution in [1.29, 1.82) is 0 Å². The maximum Gasteiger partial charge on any atom is 0.250 e. The van der Waals surface area contributed by atoms with Crippen molar-refractivity contribution in [1.82, 2.24) is 0 Å². The third-order valence-corrected chi connectivity index (χ3v) is 4.06. The van der Waals surface area contributed by atoms with E-state index < -0.39 is 0 Å². The molecule has 30 heavy (non-hydrogen) atoms. The molecule has 0 spiro atoms. The largest absolute Gasteiger partial charge is 0.493 e. The van der Waals surface area contributed by atoms with Crippen molar-refractivity contribution >= 4 is 29.3 Å². The van der Waals surface area contributed by atoms with Gasteiger partial charge in [-0.1, -0.05) is 25.5 Å². The summed E-state index contributed by atoms with van der Waals surface area (Å²) in [5, 5.41) is 5.46. The zero-order valence-electron chi connectivity index (χ0n) is 17.6. The summed E-state index contributed by atoms with van der Waals surface area (Å²) in [7, 11) is 3.03. The van der Waals surface area contributed by atoms with E-state index in [1.807, 2.05) is 18.2 Å². The van der Waals surface area contributed by atoms with Crippen LogP contribution in [-0.2, 0) is 14.3 Å². The van der Waals surface area contributed by atoms with E-state index in [-0.39, 0.29) is 18.4 Å². The third-order valence-electron chi connectivity index (χ3n) is 4.06. The first-order valence-corrected chi connectivity index (χ1v) is 9.74. The van der Waals surface area contributed by atoms with E-state index in [1.54, 1.807) is 37.5 Å². The van der Waals surface area contributed by atoms with Crippen LogP contribution in [0.3, 0.4) is 0 Å². The molecule has 0 aliphatic rings. The van der Waals surface area contributed by atoms with Crippen LogP contribution in [0.4, 0.5) is 11.4 Å². The van der Waals surface area contributed by atoms with Crippen LogP contribution in [0.2, 0.25) is 0 Å². The van der Waals surface area contributed by atoms with Gasteiger partial charge in [-0.25, -0.2) is 0 Å². The van der Waals surface area contributed by atoms with Crippen molar-refractivity contribution < 1.29 is 23.8 Å². The summed E-state index contributed by atoms with van der Waals surface area (Å²) in [4.78, 5) is 23.9. The molecule has 7 heteroatoms. The molecule has 0 fully saturated rings. The number of anilines is 2. The fourth-order valence-corrected chi connectivity index (χ4v) is 2.59. The van der Waals surface area contributed by atoms with E-state index in [0.29, 0.717) is 29.5 Å². The van der Waals surface area contributed by atoms with Crippen LogP contribution in [0.1, 0.15) is 25.3 Å². The van der Waals surface area contributed by atoms with Gasteiger partial charge in [-0.05, 0) is 48.4 Å². The van der Waals surface area contributed by atoms with Crippen molar-refractivity contribution in [2.24, 2.45) is 0 Å². The number of hydrogen-bond acceptors (Lipinski definition) is 5. The number of ether oxygens (including phenoxy) is 3. The third kappa shape index (κ3) is 7.60. The fraction of sp³-hybridized carbons (Fsp3) is 0.304. The molecule has 0 saturated heterocycles. The van der Waals surface area contributed by atoms with Crippen molar-refractivity contribution in [2.75, 3.05) is 38.1 Å². The van der Waals surface area contributed by atoms with Crippen LogP contribution in [0.25, 0.3) is 6.08 Å². The van der Waals surface area contributed by atoms with Gasteiger partial charge in [-0.15, -0.1) is 0 Å². The maximum absolute atomic E-state index is 12.3. The van der Waals surface area contributed by atoms with Crippen molar-refractivity contribution in [3.05, 3.63) is 54.1 Å². The van der Waals surface area contributed by atoms with Gasteiger partial charge in [-0.3, -0.25) is 9.59 Å². The predicted molar refractivity (Wildman–Crippen MR) is 118 cm³/mol. The lowest BCUT2D eigenvalue weighted by molar-refractivity contribution is -0.119. The Balaban J connectivity index is 1.98. The summed E-state index contributed by atoms with van der Waals surface area (Å²) in [6, 6.07) is 12.4. The molecule has 7 nitrogen and oxygen atoms in total. The van der Waals surface area contributed by atoms with Gasteiger partial charge >= 0.3 is 0 Å². The van der Waals surface area contributed by atoms with Gasteiger partial charge in [0.1, 0.15) is 6.61 Å². The number of methoxy groups -OCH3 is 2. The molecule has 2 aromatic rings. The van der Waals surface area contributed by atoms with E-state index in [4.69, 9.17) is 14.2 Å². The fourth-order valence-electron chi connectivity index (χ4n) is 2.59. The first-order valence-electron chi connectivity index (χ1n) is 9.74. The smallest absolute Gasteiger partial charge is 0.250 e. The monoisotopic (exact) mass is 412 g/mol. The number of rotatable bonds is 11. The summed E-state index contributed by atoms with van der Waals surface area (Å²) in [6.07, 6.45) is 5.16. The molecule has 2 aromatic carbocycles.